The molecule has 0 saturated heterocycles. The van der Waals surface area contributed by atoms with Gasteiger partial charge in [0.25, 0.3) is 0 Å². The Kier molecular flexibility index (Phi) is 17.2. The maximum absolute atomic E-state index is 10.3. The predicted octanol–water partition coefficient (Wildman–Crippen LogP) is -0.329. The largest absolute Gasteiger partial charge is 0.394 e. The van der Waals surface area contributed by atoms with Crippen LogP contribution in [0.15, 0.2) is 12.2 Å². The van der Waals surface area contributed by atoms with E-state index in [9.17, 15) is 4.79 Å². The van der Waals surface area contributed by atoms with Crippen LogP contribution < -0.4 is 0 Å². The molecule has 0 radical (unpaired) electrons. The fourth-order valence-corrected chi connectivity index (χ4v) is 0.598. The highest BCUT2D eigenvalue weighted by atomic mass is 17.2. The summed E-state index contributed by atoms with van der Waals surface area (Å²) in [6.07, 6.45) is 0. The van der Waals surface area contributed by atoms with Crippen LogP contribution in [0.4, 0.5) is 0 Å². The average molecular weight is 266 g/mol. The SMILES string of the molecule is C=C(C)C(=O)OOC.OCCOCCOCCO. The van der Waals surface area contributed by atoms with Gasteiger partial charge in [-0.1, -0.05) is 6.58 Å². The number of carbonyl (C=O) groups is 1. The lowest BCUT2D eigenvalue weighted by atomic mass is 10.4. The molecule has 0 rings (SSSR count). The number of aliphatic hydroxyl groups is 2. The van der Waals surface area contributed by atoms with Crippen LogP contribution in [-0.4, -0.2) is 62.9 Å². The lowest BCUT2D eigenvalue weighted by Crippen LogP contribution is -2.09. The van der Waals surface area contributed by atoms with E-state index < -0.39 is 5.97 Å². The smallest absolute Gasteiger partial charge is 0.368 e. The van der Waals surface area contributed by atoms with Gasteiger partial charge < -0.3 is 19.7 Å². The quantitative estimate of drug-likeness (QED) is 0.255. The molecule has 0 aliphatic carbocycles. The summed E-state index contributed by atoms with van der Waals surface area (Å²) < 4.78 is 9.75. The van der Waals surface area contributed by atoms with Crippen molar-refractivity contribution in [2.45, 2.75) is 6.92 Å². The second-order valence-corrected chi connectivity index (χ2v) is 2.99. The zero-order chi connectivity index (χ0) is 14.2. The van der Waals surface area contributed by atoms with Gasteiger partial charge in [-0.3, -0.25) is 4.89 Å². The molecule has 0 aromatic rings. The van der Waals surface area contributed by atoms with Crippen LogP contribution in [0.25, 0.3) is 0 Å². The third kappa shape index (κ3) is 17.4. The van der Waals surface area contributed by atoms with Crippen molar-refractivity contribution >= 4 is 5.97 Å². The summed E-state index contributed by atoms with van der Waals surface area (Å²) in [5, 5.41) is 16.5. The van der Waals surface area contributed by atoms with Crippen molar-refractivity contribution in [2.75, 3.05) is 46.8 Å². The van der Waals surface area contributed by atoms with Gasteiger partial charge in [-0.05, 0) is 6.92 Å². The van der Waals surface area contributed by atoms with Crippen LogP contribution in [0.5, 0.6) is 0 Å². The first-order valence-electron chi connectivity index (χ1n) is 5.37. The summed E-state index contributed by atoms with van der Waals surface area (Å²) in [5.74, 6) is -0.535. The first-order chi connectivity index (χ1) is 8.59. The summed E-state index contributed by atoms with van der Waals surface area (Å²) in [7, 11) is 1.26. The van der Waals surface area contributed by atoms with Crippen molar-refractivity contribution in [3.8, 4) is 0 Å². The zero-order valence-corrected chi connectivity index (χ0v) is 10.9. The van der Waals surface area contributed by atoms with Crippen molar-refractivity contribution < 1.29 is 34.3 Å². The van der Waals surface area contributed by atoms with E-state index >= 15 is 0 Å². The Morgan fingerprint density at radius 2 is 1.50 bits per heavy atom. The van der Waals surface area contributed by atoms with Gasteiger partial charge in [0, 0.05) is 5.57 Å². The molecule has 18 heavy (non-hydrogen) atoms. The first kappa shape index (κ1) is 19.4. The molecule has 0 aromatic heterocycles. The van der Waals surface area contributed by atoms with Gasteiger partial charge in [-0.2, -0.15) is 4.89 Å². The summed E-state index contributed by atoms with van der Waals surface area (Å²) in [6, 6.07) is 0. The molecule has 108 valence electrons. The Labute approximate surface area is 107 Å². The molecule has 0 unspecified atom stereocenters. The highest BCUT2D eigenvalue weighted by Gasteiger charge is 2.00. The molecule has 2 N–H and O–H groups in total. The van der Waals surface area contributed by atoms with Gasteiger partial charge in [0.2, 0.25) is 0 Å². The number of rotatable bonds is 9. The third-order valence-corrected chi connectivity index (χ3v) is 1.35. The maximum Gasteiger partial charge on any atom is 0.368 e. The van der Waals surface area contributed by atoms with Crippen LogP contribution in [0.3, 0.4) is 0 Å². The molecule has 0 atom stereocenters. The second kappa shape index (κ2) is 16.0. The van der Waals surface area contributed by atoms with Gasteiger partial charge in [0.1, 0.15) is 0 Å². The van der Waals surface area contributed by atoms with Gasteiger partial charge in [0.15, 0.2) is 0 Å². The van der Waals surface area contributed by atoms with Crippen molar-refractivity contribution in [1.29, 1.82) is 0 Å². The number of hydrogen-bond donors (Lipinski definition) is 2. The average Bonchev–Trinajstić information content (AvgIpc) is 2.35. The van der Waals surface area contributed by atoms with Crippen LogP contribution in [-0.2, 0) is 24.0 Å². The van der Waals surface area contributed by atoms with Crippen LogP contribution >= 0.6 is 0 Å². The molecule has 0 fully saturated rings. The van der Waals surface area contributed by atoms with Crippen LogP contribution in [0.1, 0.15) is 6.92 Å². The highest BCUT2D eigenvalue weighted by molar-refractivity contribution is 5.86. The Hall–Kier alpha value is -0.990. The molecule has 0 aliphatic heterocycles. The minimum absolute atomic E-state index is 0.0417. The van der Waals surface area contributed by atoms with Crippen LogP contribution in [0.2, 0.25) is 0 Å². The molecule has 0 bridgehead atoms. The monoisotopic (exact) mass is 266 g/mol. The van der Waals surface area contributed by atoms with E-state index in [-0.39, 0.29) is 13.2 Å². The number of hydrogen-bond acceptors (Lipinski definition) is 7. The minimum atomic E-state index is -0.535. The molecule has 0 saturated carbocycles. The molecule has 7 heteroatoms. The van der Waals surface area contributed by atoms with E-state index in [1.54, 1.807) is 6.92 Å². The minimum Gasteiger partial charge on any atom is -0.394 e. The Balaban J connectivity index is 0. The maximum atomic E-state index is 10.3. The van der Waals surface area contributed by atoms with Gasteiger partial charge in [-0.15, -0.1) is 0 Å². The van der Waals surface area contributed by atoms with Crippen molar-refractivity contribution in [3.63, 3.8) is 0 Å². The predicted molar refractivity (Wildman–Crippen MR) is 63.7 cm³/mol. The summed E-state index contributed by atoms with van der Waals surface area (Å²) in [6.45, 7) is 6.59. The van der Waals surface area contributed by atoms with Crippen LogP contribution in [0, 0.1) is 0 Å². The van der Waals surface area contributed by atoms with E-state index in [1.807, 2.05) is 0 Å². The summed E-state index contributed by atoms with van der Waals surface area (Å²) in [5.41, 5.74) is 0.326. The Morgan fingerprint density at radius 1 is 1.06 bits per heavy atom. The third-order valence-electron chi connectivity index (χ3n) is 1.35. The Bertz CT molecular complexity index is 198. The fourth-order valence-electron chi connectivity index (χ4n) is 0.598. The fraction of sp³-hybridized carbons (Fsp3) is 0.727. The van der Waals surface area contributed by atoms with Gasteiger partial charge in [-0.25, -0.2) is 4.79 Å². The van der Waals surface area contributed by atoms with Crippen molar-refractivity contribution in [3.05, 3.63) is 12.2 Å². The standard InChI is InChI=1S/C6H14O4.C5H8O3/c7-1-3-9-5-6-10-4-2-8;1-4(2)5(6)8-7-3/h7-8H,1-6H2;1H2,2-3H3. The molecule has 0 heterocycles. The van der Waals surface area contributed by atoms with Gasteiger partial charge >= 0.3 is 5.97 Å². The first-order valence-corrected chi connectivity index (χ1v) is 5.37. The summed E-state index contributed by atoms with van der Waals surface area (Å²) >= 11 is 0. The molecule has 0 amide bonds. The summed E-state index contributed by atoms with van der Waals surface area (Å²) in [4.78, 5) is 18.4. The van der Waals surface area contributed by atoms with Crippen molar-refractivity contribution in [1.82, 2.24) is 0 Å². The molecule has 0 aromatic carbocycles. The van der Waals surface area contributed by atoms with E-state index in [2.05, 4.69) is 16.4 Å². The number of carbonyl (C=O) groups excluding carboxylic acids is 1. The zero-order valence-electron chi connectivity index (χ0n) is 10.9. The lowest BCUT2D eigenvalue weighted by Gasteiger charge is -2.01. The van der Waals surface area contributed by atoms with E-state index in [0.29, 0.717) is 32.0 Å². The topological polar surface area (TPSA) is 94.5 Å². The van der Waals surface area contributed by atoms with E-state index in [0.717, 1.165) is 0 Å². The Morgan fingerprint density at radius 3 is 1.72 bits per heavy atom. The number of ether oxygens (including phenoxy) is 2. The van der Waals surface area contributed by atoms with E-state index in [4.69, 9.17) is 19.7 Å². The molecule has 0 spiro atoms. The van der Waals surface area contributed by atoms with E-state index in [1.165, 1.54) is 7.11 Å². The lowest BCUT2D eigenvalue weighted by molar-refractivity contribution is -0.250. The van der Waals surface area contributed by atoms with Crippen molar-refractivity contribution in [2.24, 2.45) is 0 Å². The number of aliphatic hydroxyl groups excluding tert-OH is 2. The molecular formula is C11H22O7. The molecule has 7 nitrogen and oxygen atoms in total. The highest BCUT2D eigenvalue weighted by Crippen LogP contribution is 1.89. The normalized spacial score (nSPS) is 9.33. The molecular weight excluding hydrogens is 244 g/mol. The second-order valence-electron chi connectivity index (χ2n) is 2.99. The van der Waals surface area contributed by atoms with Gasteiger partial charge in [0.05, 0.1) is 46.8 Å². The molecule has 0 aliphatic rings.